The molecule has 0 aromatic heterocycles. The van der Waals surface area contributed by atoms with E-state index >= 15 is 0 Å². The summed E-state index contributed by atoms with van der Waals surface area (Å²) in [6.07, 6.45) is -0.200. The fourth-order valence-electron chi connectivity index (χ4n) is 3.95. The fraction of sp³-hybridized carbons (Fsp3) is 0.458. The molecule has 0 aliphatic carbocycles. The molecular formula is C24H29NO5. The number of rotatable bonds is 3. The number of carbonyl (C=O) groups excluding carboxylic acids is 1. The van der Waals surface area contributed by atoms with E-state index in [2.05, 4.69) is 38.2 Å². The molecule has 1 atom stereocenters. The summed E-state index contributed by atoms with van der Waals surface area (Å²) < 4.78 is 22.5. The minimum absolute atomic E-state index is 0.0797. The van der Waals surface area contributed by atoms with Crippen molar-refractivity contribution in [3.05, 3.63) is 65.2 Å². The van der Waals surface area contributed by atoms with Crippen LogP contribution in [-0.4, -0.2) is 39.3 Å². The van der Waals surface area contributed by atoms with Gasteiger partial charge in [-0.15, -0.1) is 0 Å². The molecule has 2 fully saturated rings. The molecular weight excluding hydrogens is 382 g/mol. The van der Waals surface area contributed by atoms with Gasteiger partial charge in [0.15, 0.2) is 0 Å². The Labute approximate surface area is 177 Å². The van der Waals surface area contributed by atoms with E-state index in [0.29, 0.717) is 32.2 Å². The SMILES string of the molecule is CC(C)(C)c1ccc(NC(=O)c2ccc(C3OCOCC34COCOC4)cc2)cc1. The van der Waals surface area contributed by atoms with Crippen LogP contribution in [0.4, 0.5) is 5.69 Å². The highest BCUT2D eigenvalue weighted by molar-refractivity contribution is 6.04. The Morgan fingerprint density at radius 1 is 0.900 bits per heavy atom. The molecule has 2 heterocycles. The zero-order chi connectivity index (χ0) is 21.2. The van der Waals surface area contributed by atoms with Crippen molar-refractivity contribution in [2.24, 2.45) is 5.41 Å². The maximum atomic E-state index is 12.7. The average Bonchev–Trinajstić information content (AvgIpc) is 2.74. The molecule has 0 saturated carbocycles. The summed E-state index contributed by atoms with van der Waals surface area (Å²) in [4.78, 5) is 12.7. The summed E-state index contributed by atoms with van der Waals surface area (Å²) in [5, 5.41) is 2.96. The summed E-state index contributed by atoms with van der Waals surface area (Å²) in [6, 6.07) is 15.5. The quantitative estimate of drug-likeness (QED) is 0.817. The summed E-state index contributed by atoms with van der Waals surface area (Å²) in [5.41, 5.74) is 3.30. The lowest BCUT2D eigenvalue weighted by Crippen LogP contribution is -2.49. The van der Waals surface area contributed by atoms with Crippen LogP contribution in [0, 0.1) is 5.41 Å². The topological polar surface area (TPSA) is 66.0 Å². The van der Waals surface area contributed by atoms with Gasteiger partial charge in [-0.1, -0.05) is 45.0 Å². The van der Waals surface area contributed by atoms with Gasteiger partial charge >= 0.3 is 0 Å². The zero-order valence-electron chi connectivity index (χ0n) is 17.8. The molecule has 2 aromatic carbocycles. The maximum Gasteiger partial charge on any atom is 0.255 e. The predicted octanol–water partition coefficient (Wildman–Crippen LogP) is 4.27. The van der Waals surface area contributed by atoms with Crippen molar-refractivity contribution in [3.8, 4) is 0 Å². The normalized spacial score (nSPS) is 21.4. The molecule has 2 aromatic rings. The summed E-state index contributed by atoms with van der Waals surface area (Å²) >= 11 is 0. The lowest BCUT2D eigenvalue weighted by Gasteiger charge is -2.45. The van der Waals surface area contributed by atoms with Crippen LogP contribution >= 0.6 is 0 Å². The summed E-state index contributed by atoms with van der Waals surface area (Å²) in [7, 11) is 0. The third kappa shape index (κ3) is 4.42. The standard InChI is InChI=1S/C24H29NO5/c1-23(2,3)19-8-10-20(11-9-19)25-22(26)18-6-4-17(5-7-18)21-24(14-29-16-30-21)12-27-15-28-13-24/h4-11,21H,12-16H2,1-3H3,(H,25,26). The number of amides is 1. The van der Waals surface area contributed by atoms with Gasteiger partial charge in [0.1, 0.15) is 13.6 Å². The lowest BCUT2D eigenvalue weighted by molar-refractivity contribution is -0.279. The zero-order valence-corrected chi connectivity index (χ0v) is 17.8. The Morgan fingerprint density at radius 2 is 1.50 bits per heavy atom. The lowest BCUT2D eigenvalue weighted by atomic mass is 9.79. The van der Waals surface area contributed by atoms with E-state index in [1.54, 1.807) is 0 Å². The molecule has 2 saturated heterocycles. The highest BCUT2D eigenvalue weighted by atomic mass is 16.7. The number of benzene rings is 2. The van der Waals surface area contributed by atoms with Gasteiger partial charge in [0, 0.05) is 11.3 Å². The van der Waals surface area contributed by atoms with Crippen LogP contribution in [-0.2, 0) is 24.4 Å². The number of anilines is 1. The van der Waals surface area contributed by atoms with Crippen LogP contribution in [0.3, 0.4) is 0 Å². The van der Waals surface area contributed by atoms with Gasteiger partial charge in [0.25, 0.3) is 5.91 Å². The third-order valence-corrected chi connectivity index (χ3v) is 5.69. The minimum atomic E-state index is -0.366. The monoisotopic (exact) mass is 411 g/mol. The van der Waals surface area contributed by atoms with E-state index in [1.165, 1.54) is 5.56 Å². The van der Waals surface area contributed by atoms with E-state index in [0.717, 1.165) is 11.3 Å². The van der Waals surface area contributed by atoms with Gasteiger partial charge < -0.3 is 24.3 Å². The molecule has 0 bridgehead atoms. The number of nitrogens with one attached hydrogen (secondary N) is 1. The van der Waals surface area contributed by atoms with Crippen LogP contribution in [0.25, 0.3) is 0 Å². The van der Waals surface area contributed by atoms with E-state index in [-0.39, 0.29) is 29.6 Å². The largest absolute Gasteiger partial charge is 0.355 e. The Bertz CT molecular complexity index is 856. The Hall–Kier alpha value is -2.25. The van der Waals surface area contributed by atoms with Crippen LogP contribution in [0.2, 0.25) is 0 Å². The van der Waals surface area contributed by atoms with Crippen LogP contribution < -0.4 is 5.32 Å². The smallest absolute Gasteiger partial charge is 0.255 e. The number of carbonyl (C=O) groups is 1. The van der Waals surface area contributed by atoms with Gasteiger partial charge in [0.2, 0.25) is 0 Å². The summed E-state index contributed by atoms with van der Waals surface area (Å²) in [6.45, 7) is 8.59. The molecule has 1 N–H and O–H groups in total. The minimum Gasteiger partial charge on any atom is -0.355 e. The van der Waals surface area contributed by atoms with Crippen molar-refractivity contribution >= 4 is 11.6 Å². The molecule has 160 valence electrons. The van der Waals surface area contributed by atoms with Crippen LogP contribution in [0.1, 0.15) is 48.4 Å². The molecule has 1 unspecified atom stereocenters. The molecule has 1 amide bonds. The average molecular weight is 411 g/mol. The maximum absolute atomic E-state index is 12.7. The van der Waals surface area contributed by atoms with Crippen molar-refractivity contribution in [1.29, 1.82) is 0 Å². The second-order valence-electron chi connectivity index (χ2n) is 9.09. The highest BCUT2D eigenvalue weighted by Crippen LogP contribution is 2.42. The first kappa shape index (κ1) is 21.0. The highest BCUT2D eigenvalue weighted by Gasteiger charge is 2.46. The molecule has 1 spiro atoms. The first-order valence-corrected chi connectivity index (χ1v) is 10.2. The Balaban J connectivity index is 1.45. The Kier molecular flexibility index (Phi) is 5.93. The van der Waals surface area contributed by atoms with Gasteiger partial charge in [-0.25, -0.2) is 0 Å². The summed E-state index contributed by atoms with van der Waals surface area (Å²) in [5.74, 6) is -0.142. The first-order chi connectivity index (χ1) is 14.4. The van der Waals surface area contributed by atoms with Crippen molar-refractivity contribution in [2.75, 3.05) is 38.7 Å². The van der Waals surface area contributed by atoms with Crippen molar-refractivity contribution in [2.45, 2.75) is 32.3 Å². The van der Waals surface area contributed by atoms with Gasteiger partial charge in [-0.3, -0.25) is 4.79 Å². The molecule has 0 radical (unpaired) electrons. The van der Waals surface area contributed by atoms with Crippen molar-refractivity contribution in [3.63, 3.8) is 0 Å². The first-order valence-electron chi connectivity index (χ1n) is 10.2. The fourth-order valence-corrected chi connectivity index (χ4v) is 3.95. The molecule has 4 rings (SSSR count). The van der Waals surface area contributed by atoms with E-state index < -0.39 is 0 Å². The third-order valence-electron chi connectivity index (χ3n) is 5.69. The molecule has 6 nitrogen and oxygen atoms in total. The number of hydrogen-bond acceptors (Lipinski definition) is 5. The van der Waals surface area contributed by atoms with Gasteiger partial charge in [-0.05, 0) is 40.8 Å². The predicted molar refractivity (Wildman–Crippen MR) is 113 cm³/mol. The van der Waals surface area contributed by atoms with Crippen LogP contribution in [0.5, 0.6) is 0 Å². The van der Waals surface area contributed by atoms with E-state index in [1.807, 2.05) is 36.4 Å². The Morgan fingerprint density at radius 3 is 2.10 bits per heavy atom. The molecule has 2 aliphatic heterocycles. The van der Waals surface area contributed by atoms with E-state index in [9.17, 15) is 4.79 Å². The van der Waals surface area contributed by atoms with Gasteiger partial charge in [-0.2, -0.15) is 0 Å². The van der Waals surface area contributed by atoms with E-state index in [4.69, 9.17) is 18.9 Å². The molecule has 6 heteroatoms. The molecule has 30 heavy (non-hydrogen) atoms. The van der Waals surface area contributed by atoms with Gasteiger partial charge in [0.05, 0.1) is 31.3 Å². The number of ether oxygens (including phenoxy) is 4. The van der Waals surface area contributed by atoms with Crippen molar-refractivity contribution < 1.29 is 23.7 Å². The molecule has 2 aliphatic rings. The second-order valence-corrected chi connectivity index (χ2v) is 9.09. The second kappa shape index (κ2) is 8.47. The van der Waals surface area contributed by atoms with Crippen molar-refractivity contribution in [1.82, 2.24) is 0 Å². The van der Waals surface area contributed by atoms with Crippen LogP contribution in [0.15, 0.2) is 48.5 Å². The number of hydrogen-bond donors (Lipinski definition) is 1.